The maximum absolute atomic E-state index is 13.3. The molecule has 7 heteroatoms. The summed E-state index contributed by atoms with van der Waals surface area (Å²) in [5.41, 5.74) is 3.66. The number of anilines is 2. The molecule has 4 rings (SSSR count). The van der Waals surface area contributed by atoms with Crippen molar-refractivity contribution in [1.29, 1.82) is 5.26 Å². The number of nitrogens with zero attached hydrogens (tertiary/aromatic N) is 3. The number of ether oxygens (including phenoxy) is 1. The van der Waals surface area contributed by atoms with E-state index in [2.05, 4.69) is 33.5 Å². The summed E-state index contributed by atoms with van der Waals surface area (Å²) in [4.78, 5) is 20.0. The molecule has 1 fully saturated rings. The molecule has 2 unspecified atom stereocenters. The summed E-state index contributed by atoms with van der Waals surface area (Å²) in [7, 11) is 1.74. The normalized spacial score (nSPS) is 16.9. The number of carbonyl (C=O) groups is 1. The Hall–Kier alpha value is -3.73. The van der Waals surface area contributed by atoms with Gasteiger partial charge in [0.05, 0.1) is 29.6 Å². The van der Waals surface area contributed by atoms with Crippen LogP contribution in [-0.4, -0.2) is 43.7 Å². The SMILES string of the molecule is CO[C@@H]1CCN(c2ccc(NC(=O)C(NCC(C)c3ccc(C#N)cc3)c3ccccc3)nc2)C1. The van der Waals surface area contributed by atoms with Crippen LogP contribution in [0.3, 0.4) is 0 Å². The predicted molar refractivity (Wildman–Crippen MR) is 137 cm³/mol. The highest BCUT2D eigenvalue weighted by Gasteiger charge is 2.24. The fourth-order valence-corrected chi connectivity index (χ4v) is 4.31. The molecule has 3 atom stereocenters. The summed E-state index contributed by atoms with van der Waals surface area (Å²) in [6.07, 6.45) is 3.05. The van der Waals surface area contributed by atoms with Crippen LogP contribution in [-0.2, 0) is 9.53 Å². The van der Waals surface area contributed by atoms with Gasteiger partial charge in [-0.15, -0.1) is 0 Å². The molecule has 2 N–H and O–H groups in total. The monoisotopic (exact) mass is 469 g/mol. The molecule has 0 saturated carbocycles. The summed E-state index contributed by atoms with van der Waals surface area (Å²) < 4.78 is 5.45. The van der Waals surface area contributed by atoms with Crippen molar-refractivity contribution >= 4 is 17.4 Å². The molecule has 3 aromatic rings. The highest BCUT2D eigenvalue weighted by atomic mass is 16.5. The largest absolute Gasteiger partial charge is 0.380 e. The van der Waals surface area contributed by atoms with Crippen LogP contribution in [0.25, 0.3) is 0 Å². The minimum atomic E-state index is -0.528. The zero-order valence-electron chi connectivity index (χ0n) is 20.1. The van der Waals surface area contributed by atoms with Crippen LogP contribution >= 0.6 is 0 Å². The molecule has 1 aliphatic rings. The quantitative estimate of drug-likeness (QED) is 0.487. The molecular weight excluding hydrogens is 438 g/mol. The van der Waals surface area contributed by atoms with Crippen molar-refractivity contribution in [3.8, 4) is 6.07 Å². The van der Waals surface area contributed by atoms with E-state index in [1.165, 1.54) is 0 Å². The molecule has 2 aromatic carbocycles. The van der Waals surface area contributed by atoms with Gasteiger partial charge in [0.25, 0.3) is 0 Å². The Bertz CT molecular complexity index is 1140. The molecule has 35 heavy (non-hydrogen) atoms. The maximum Gasteiger partial charge on any atom is 0.247 e. The third kappa shape index (κ3) is 6.24. The Morgan fingerprint density at radius 1 is 1.14 bits per heavy atom. The van der Waals surface area contributed by atoms with Crippen LogP contribution in [0.4, 0.5) is 11.5 Å². The molecule has 0 radical (unpaired) electrons. The Kier molecular flexibility index (Phi) is 8.09. The zero-order chi connectivity index (χ0) is 24.6. The number of nitriles is 1. The van der Waals surface area contributed by atoms with E-state index in [1.807, 2.05) is 66.7 Å². The second-order valence-electron chi connectivity index (χ2n) is 8.87. The van der Waals surface area contributed by atoms with Crippen LogP contribution < -0.4 is 15.5 Å². The second kappa shape index (κ2) is 11.6. The lowest BCUT2D eigenvalue weighted by atomic mass is 9.98. The van der Waals surface area contributed by atoms with Crippen molar-refractivity contribution in [2.24, 2.45) is 0 Å². The summed E-state index contributed by atoms with van der Waals surface area (Å²) in [5.74, 6) is 0.517. The third-order valence-corrected chi connectivity index (χ3v) is 6.47. The fraction of sp³-hybridized carbons (Fsp3) is 0.321. The second-order valence-corrected chi connectivity index (χ2v) is 8.87. The Labute approximate surface area is 206 Å². The van der Waals surface area contributed by atoms with E-state index in [9.17, 15) is 4.79 Å². The van der Waals surface area contributed by atoms with Crippen LogP contribution in [0.5, 0.6) is 0 Å². The first-order valence-electron chi connectivity index (χ1n) is 11.9. The topological polar surface area (TPSA) is 90.3 Å². The Morgan fingerprint density at radius 2 is 1.91 bits per heavy atom. The number of nitrogens with one attached hydrogen (secondary N) is 2. The fourth-order valence-electron chi connectivity index (χ4n) is 4.31. The van der Waals surface area contributed by atoms with E-state index in [4.69, 9.17) is 10.00 Å². The molecular formula is C28H31N5O2. The lowest BCUT2D eigenvalue weighted by molar-refractivity contribution is -0.118. The number of hydrogen-bond acceptors (Lipinski definition) is 6. The van der Waals surface area contributed by atoms with Gasteiger partial charge in [-0.25, -0.2) is 4.98 Å². The van der Waals surface area contributed by atoms with Crippen molar-refractivity contribution < 1.29 is 9.53 Å². The molecule has 1 saturated heterocycles. The van der Waals surface area contributed by atoms with E-state index in [-0.39, 0.29) is 17.9 Å². The number of methoxy groups -OCH3 is 1. The molecule has 180 valence electrons. The number of carbonyl (C=O) groups excluding carboxylic acids is 1. The van der Waals surface area contributed by atoms with Gasteiger partial charge < -0.3 is 20.3 Å². The molecule has 2 heterocycles. The van der Waals surface area contributed by atoms with Gasteiger partial charge in [-0.05, 0) is 47.7 Å². The van der Waals surface area contributed by atoms with Gasteiger partial charge in [0.1, 0.15) is 11.9 Å². The highest BCUT2D eigenvalue weighted by molar-refractivity contribution is 5.94. The van der Waals surface area contributed by atoms with Crippen molar-refractivity contribution in [2.45, 2.75) is 31.4 Å². The molecule has 1 aromatic heterocycles. The zero-order valence-corrected chi connectivity index (χ0v) is 20.1. The molecule has 1 aliphatic heterocycles. The Morgan fingerprint density at radius 3 is 2.54 bits per heavy atom. The summed E-state index contributed by atoms with van der Waals surface area (Å²) in [5, 5.41) is 15.4. The molecule has 0 aliphatic carbocycles. The van der Waals surface area contributed by atoms with E-state index >= 15 is 0 Å². The number of aromatic nitrogens is 1. The predicted octanol–water partition coefficient (Wildman–Crippen LogP) is 4.25. The van der Waals surface area contributed by atoms with Gasteiger partial charge in [0.15, 0.2) is 0 Å². The summed E-state index contributed by atoms with van der Waals surface area (Å²) in [6, 6.07) is 22.7. The summed E-state index contributed by atoms with van der Waals surface area (Å²) >= 11 is 0. The van der Waals surface area contributed by atoms with Crippen molar-refractivity contribution in [2.75, 3.05) is 37.0 Å². The number of rotatable bonds is 9. The third-order valence-electron chi connectivity index (χ3n) is 6.47. The van der Waals surface area contributed by atoms with Crippen LogP contribution in [0, 0.1) is 11.3 Å². The standard InChI is InChI=1S/C28H31N5O2/c1-20(22-10-8-21(16-29)9-11-22)17-31-27(23-6-4-3-5-7-23)28(34)32-26-13-12-24(18-30-26)33-15-14-25(19-33)35-2/h3-13,18,20,25,27,31H,14-15,17,19H2,1-2H3,(H,30,32,34)/t20?,25-,27?/m1/s1. The Balaban J connectivity index is 1.42. The summed E-state index contributed by atoms with van der Waals surface area (Å²) in [6.45, 7) is 4.48. The first-order chi connectivity index (χ1) is 17.1. The van der Waals surface area contributed by atoms with Gasteiger partial charge in [-0.1, -0.05) is 49.4 Å². The van der Waals surface area contributed by atoms with E-state index in [0.717, 1.165) is 36.3 Å². The molecule has 1 amide bonds. The van der Waals surface area contributed by atoms with Crippen LogP contribution in [0.1, 0.15) is 42.0 Å². The molecule has 0 bridgehead atoms. The van der Waals surface area contributed by atoms with Gasteiger partial charge in [-0.3, -0.25) is 4.79 Å². The maximum atomic E-state index is 13.3. The van der Waals surface area contributed by atoms with Crippen molar-refractivity contribution in [3.05, 3.63) is 89.6 Å². The van der Waals surface area contributed by atoms with Crippen LogP contribution in [0.15, 0.2) is 72.9 Å². The molecule has 0 spiro atoms. The lowest BCUT2D eigenvalue weighted by Gasteiger charge is -2.22. The van der Waals surface area contributed by atoms with E-state index < -0.39 is 6.04 Å². The average molecular weight is 470 g/mol. The average Bonchev–Trinajstić information content (AvgIpc) is 3.39. The number of benzene rings is 2. The lowest BCUT2D eigenvalue weighted by Crippen LogP contribution is -2.35. The number of pyridine rings is 1. The number of amides is 1. The number of hydrogen-bond donors (Lipinski definition) is 2. The minimum absolute atomic E-state index is 0.163. The highest BCUT2D eigenvalue weighted by Crippen LogP contribution is 2.23. The first kappa shape index (κ1) is 24.4. The van der Waals surface area contributed by atoms with Gasteiger partial charge in [0, 0.05) is 26.7 Å². The van der Waals surface area contributed by atoms with Crippen LogP contribution in [0.2, 0.25) is 0 Å². The minimum Gasteiger partial charge on any atom is -0.380 e. The van der Waals surface area contributed by atoms with Crippen molar-refractivity contribution in [3.63, 3.8) is 0 Å². The first-order valence-corrected chi connectivity index (χ1v) is 11.9. The van der Waals surface area contributed by atoms with E-state index in [0.29, 0.717) is 17.9 Å². The smallest absolute Gasteiger partial charge is 0.247 e. The van der Waals surface area contributed by atoms with Gasteiger partial charge in [-0.2, -0.15) is 5.26 Å². The van der Waals surface area contributed by atoms with E-state index in [1.54, 1.807) is 13.3 Å². The van der Waals surface area contributed by atoms with Gasteiger partial charge in [0.2, 0.25) is 5.91 Å². The van der Waals surface area contributed by atoms with Gasteiger partial charge >= 0.3 is 0 Å². The van der Waals surface area contributed by atoms with Crippen molar-refractivity contribution in [1.82, 2.24) is 10.3 Å². The molecule has 7 nitrogen and oxygen atoms in total.